The van der Waals surface area contributed by atoms with Crippen LogP contribution in [-0.2, 0) is 4.79 Å². The SMILES string of the molecule is C=O.Nc1ccc(O)c(=O)cc1. The third-order valence-corrected chi connectivity index (χ3v) is 1.11. The van der Waals surface area contributed by atoms with E-state index in [9.17, 15) is 4.79 Å². The van der Waals surface area contributed by atoms with Crippen molar-refractivity contribution in [1.29, 1.82) is 0 Å². The largest absolute Gasteiger partial charge is 0.504 e. The van der Waals surface area contributed by atoms with E-state index >= 15 is 0 Å². The van der Waals surface area contributed by atoms with E-state index in [1.165, 1.54) is 24.3 Å². The van der Waals surface area contributed by atoms with Gasteiger partial charge in [-0.3, -0.25) is 4.79 Å². The predicted octanol–water partition coefficient (Wildman–Crippen LogP) is 0.150. The van der Waals surface area contributed by atoms with Gasteiger partial charge < -0.3 is 15.6 Å². The maximum absolute atomic E-state index is 10.7. The lowest BCUT2D eigenvalue weighted by Gasteiger charge is -1.77. The molecule has 4 nitrogen and oxygen atoms in total. The van der Waals surface area contributed by atoms with Gasteiger partial charge in [-0.15, -0.1) is 0 Å². The molecule has 1 aromatic carbocycles. The van der Waals surface area contributed by atoms with Crippen LogP contribution in [0.3, 0.4) is 0 Å². The number of hydrogen-bond acceptors (Lipinski definition) is 4. The van der Waals surface area contributed by atoms with Gasteiger partial charge in [-0.2, -0.15) is 0 Å². The highest BCUT2D eigenvalue weighted by atomic mass is 16.3. The minimum atomic E-state index is -0.420. The molecule has 0 saturated heterocycles. The standard InChI is InChI=1S/C7H7NO2.CH2O/c8-5-1-3-6(9)7(10)4-2-5;1-2/h1-4H,8H2,(H,9,10);1H2. The first kappa shape index (κ1) is 10.2. The van der Waals surface area contributed by atoms with Crippen LogP contribution < -0.4 is 11.2 Å². The van der Waals surface area contributed by atoms with Gasteiger partial charge in [-0.05, 0) is 24.3 Å². The molecule has 0 unspecified atom stereocenters. The maximum Gasteiger partial charge on any atom is 0.220 e. The van der Waals surface area contributed by atoms with Gasteiger partial charge in [0.1, 0.15) is 6.79 Å². The van der Waals surface area contributed by atoms with Gasteiger partial charge in [0.05, 0.1) is 0 Å². The van der Waals surface area contributed by atoms with Gasteiger partial charge in [0, 0.05) is 5.69 Å². The Bertz CT molecular complexity index is 311. The van der Waals surface area contributed by atoms with Gasteiger partial charge in [0.15, 0.2) is 5.75 Å². The first-order chi connectivity index (χ1) is 5.70. The third-order valence-electron chi connectivity index (χ3n) is 1.11. The molecule has 4 heteroatoms. The Morgan fingerprint density at radius 2 is 1.67 bits per heavy atom. The van der Waals surface area contributed by atoms with Gasteiger partial charge in [-0.25, -0.2) is 0 Å². The molecule has 0 bridgehead atoms. The van der Waals surface area contributed by atoms with Crippen molar-refractivity contribution >= 4 is 12.5 Å². The zero-order valence-corrected chi connectivity index (χ0v) is 6.36. The van der Waals surface area contributed by atoms with Crippen LogP contribution in [0.5, 0.6) is 5.75 Å². The van der Waals surface area contributed by atoms with Crippen molar-refractivity contribution in [3.8, 4) is 5.75 Å². The average molecular weight is 167 g/mol. The molecule has 0 aliphatic heterocycles. The molecule has 0 atom stereocenters. The molecular formula is C8H9NO3. The summed E-state index contributed by atoms with van der Waals surface area (Å²) < 4.78 is 0. The fourth-order valence-corrected chi connectivity index (χ4v) is 0.570. The molecule has 0 aliphatic carbocycles. The van der Waals surface area contributed by atoms with Crippen LogP contribution in [-0.4, -0.2) is 11.9 Å². The molecule has 0 aromatic heterocycles. The highest BCUT2D eigenvalue weighted by molar-refractivity contribution is 5.38. The van der Waals surface area contributed by atoms with E-state index in [0.29, 0.717) is 5.69 Å². The number of nitrogens with two attached hydrogens (primary N) is 1. The Kier molecular flexibility index (Phi) is 4.15. The van der Waals surface area contributed by atoms with Crippen LogP contribution >= 0.6 is 0 Å². The summed E-state index contributed by atoms with van der Waals surface area (Å²) in [6.45, 7) is 2.00. The molecule has 64 valence electrons. The molecule has 0 amide bonds. The van der Waals surface area contributed by atoms with Crippen LogP contribution in [0, 0.1) is 0 Å². The summed E-state index contributed by atoms with van der Waals surface area (Å²) >= 11 is 0. The Balaban J connectivity index is 0.000000561. The fraction of sp³-hybridized carbons (Fsp3) is 0. The first-order valence-corrected chi connectivity index (χ1v) is 3.08. The molecule has 0 saturated carbocycles. The van der Waals surface area contributed by atoms with E-state index in [-0.39, 0.29) is 5.75 Å². The van der Waals surface area contributed by atoms with Gasteiger partial charge in [0.2, 0.25) is 5.43 Å². The lowest BCUT2D eigenvalue weighted by Crippen LogP contribution is -1.91. The number of carbonyl (C=O) groups excluding carboxylic acids is 1. The van der Waals surface area contributed by atoms with E-state index < -0.39 is 5.43 Å². The molecule has 1 rings (SSSR count). The second-order valence-corrected chi connectivity index (χ2v) is 1.92. The second kappa shape index (κ2) is 4.90. The van der Waals surface area contributed by atoms with E-state index in [2.05, 4.69) is 0 Å². The van der Waals surface area contributed by atoms with Gasteiger partial charge in [0.25, 0.3) is 0 Å². The Hall–Kier alpha value is -1.84. The number of anilines is 1. The summed E-state index contributed by atoms with van der Waals surface area (Å²) in [4.78, 5) is 18.7. The van der Waals surface area contributed by atoms with Crippen molar-refractivity contribution < 1.29 is 9.90 Å². The second-order valence-electron chi connectivity index (χ2n) is 1.92. The first-order valence-electron chi connectivity index (χ1n) is 3.08. The smallest absolute Gasteiger partial charge is 0.220 e. The molecule has 0 spiro atoms. The number of rotatable bonds is 0. The predicted molar refractivity (Wildman–Crippen MR) is 45.9 cm³/mol. The maximum atomic E-state index is 10.7. The number of hydrogen-bond donors (Lipinski definition) is 2. The molecule has 3 N–H and O–H groups in total. The van der Waals surface area contributed by atoms with Crippen LogP contribution in [0.25, 0.3) is 0 Å². The van der Waals surface area contributed by atoms with Crippen LogP contribution in [0.1, 0.15) is 0 Å². The molecule has 0 heterocycles. The number of carbonyl (C=O) groups is 1. The molecule has 0 fully saturated rings. The highest BCUT2D eigenvalue weighted by Gasteiger charge is 1.89. The topological polar surface area (TPSA) is 80.4 Å². The highest BCUT2D eigenvalue weighted by Crippen LogP contribution is 2.01. The molecule has 12 heavy (non-hydrogen) atoms. The minimum absolute atomic E-state index is 0.281. The van der Waals surface area contributed by atoms with Crippen LogP contribution in [0.15, 0.2) is 29.1 Å². The number of aromatic hydroxyl groups is 1. The fourth-order valence-electron chi connectivity index (χ4n) is 0.570. The van der Waals surface area contributed by atoms with Gasteiger partial charge in [-0.1, -0.05) is 0 Å². The van der Waals surface area contributed by atoms with Crippen molar-refractivity contribution in [2.45, 2.75) is 0 Å². The Morgan fingerprint density at radius 3 is 2.25 bits per heavy atom. The zero-order valence-electron chi connectivity index (χ0n) is 6.36. The van der Waals surface area contributed by atoms with E-state index in [1.807, 2.05) is 6.79 Å². The minimum Gasteiger partial charge on any atom is -0.504 e. The summed E-state index contributed by atoms with van der Waals surface area (Å²) in [5.74, 6) is -0.281. The summed E-state index contributed by atoms with van der Waals surface area (Å²) in [6.07, 6.45) is 0. The Morgan fingerprint density at radius 1 is 1.17 bits per heavy atom. The number of nitrogen functional groups attached to an aromatic ring is 1. The monoisotopic (exact) mass is 167 g/mol. The van der Waals surface area contributed by atoms with E-state index in [1.54, 1.807) is 0 Å². The van der Waals surface area contributed by atoms with Gasteiger partial charge >= 0.3 is 0 Å². The normalized spacial score (nSPS) is 8.00. The molecular weight excluding hydrogens is 158 g/mol. The van der Waals surface area contributed by atoms with Crippen LogP contribution in [0.4, 0.5) is 5.69 Å². The molecule has 0 radical (unpaired) electrons. The molecule has 1 aromatic rings. The van der Waals surface area contributed by atoms with E-state index in [0.717, 1.165) is 0 Å². The average Bonchev–Trinajstić information content (AvgIpc) is 2.24. The Labute approximate surface area is 69.3 Å². The third kappa shape index (κ3) is 2.83. The van der Waals surface area contributed by atoms with Crippen molar-refractivity contribution in [2.24, 2.45) is 0 Å². The van der Waals surface area contributed by atoms with Crippen molar-refractivity contribution in [1.82, 2.24) is 0 Å². The summed E-state index contributed by atoms with van der Waals surface area (Å²) in [7, 11) is 0. The quantitative estimate of drug-likeness (QED) is 0.576. The lowest BCUT2D eigenvalue weighted by molar-refractivity contribution is -0.0979. The summed E-state index contributed by atoms with van der Waals surface area (Å²) in [5, 5.41) is 8.84. The summed E-state index contributed by atoms with van der Waals surface area (Å²) in [5.41, 5.74) is 5.36. The van der Waals surface area contributed by atoms with E-state index in [4.69, 9.17) is 15.6 Å². The van der Waals surface area contributed by atoms with Crippen molar-refractivity contribution in [3.63, 3.8) is 0 Å². The molecule has 0 aliphatic rings. The van der Waals surface area contributed by atoms with Crippen molar-refractivity contribution in [3.05, 3.63) is 34.5 Å². The summed E-state index contributed by atoms with van der Waals surface area (Å²) in [6, 6.07) is 5.42. The zero-order chi connectivity index (χ0) is 9.56. The lowest BCUT2D eigenvalue weighted by atomic mass is 10.4. The van der Waals surface area contributed by atoms with Crippen molar-refractivity contribution in [2.75, 3.05) is 5.73 Å². The van der Waals surface area contributed by atoms with Crippen LogP contribution in [0.2, 0.25) is 0 Å².